The third kappa shape index (κ3) is 1.31. The third-order valence-corrected chi connectivity index (χ3v) is 4.23. The first-order valence-corrected chi connectivity index (χ1v) is 4.95. The zero-order valence-electron chi connectivity index (χ0n) is 6.09. The first-order valence-electron chi connectivity index (χ1n) is 3.24. The molecule has 0 aliphatic carbocycles. The minimum absolute atomic E-state index is 0.148. The molecule has 4 heteroatoms. The molecule has 0 N–H and O–H groups in total. The summed E-state index contributed by atoms with van der Waals surface area (Å²) in [6.07, 6.45) is 0.148. The van der Waals surface area contributed by atoms with Crippen LogP contribution >= 0.6 is 0 Å². The van der Waals surface area contributed by atoms with Crippen molar-refractivity contribution in [1.29, 1.82) is 0 Å². The fourth-order valence-corrected chi connectivity index (χ4v) is 3.19. The molecule has 0 spiro atoms. The highest BCUT2D eigenvalue weighted by atomic mass is 32.2. The fraction of sp³-hybridized carbons (Fsp3) is 1.00. The summed E-state index contributed by atoms with van der Waals surface area (Å²) in [5.74, 6) is -0.304. The molecule has 1 saturated heterocycles. The monoisotopic (exact) mass is 166 g/mol. The number of hydrogen-bond donors (Lipinski definition) is 0. The molecule has 2 atom stereocenters. The maximum Gasteiger partial charge on any atom is 0.156 e. The van der Waals surface area contributed by atoms with Crippen molar-refractivity contribution in [3.05, 3.63) is 0 Å². The summed E-state index contributed by atoms with van der Waals surface area (Å²) in [4.78, 5) is 0. The number of sulfone groups is 1. The molecule has 0 aromatic rings. The van der Waals surface area contributed by atoms with Crippen LogP contribution in [0.25, 0.3) is 0 Å². The maximum atomic E-state index is 13.0. The molecule has 2 unspecified atom stereocenters. The lowest BCUT2D eigenvalue weighted by molar-refractivity contribution is 0.219. The van der Waals surface area contributed by atoms with Gasteiger partial charge >= 0.3 is 0 Å². The number of halogens is 1. The maximum absolute atomic E-state index is 13.0. The summed E-state index contributed by atoms with van der Waals surface area (Å²) in [5.41, 5.74) is -1.49. The molecule has 1 aliphatic rings. The second-order valence-corrected chi connectivity index (χ2v) is 5.65. The molecule has 60 valence electrons. The van der Waals surface area contributed by atoms with E-state index in [1.54, 1.807) is 6.92 Å². The van der Waals surface area contributed by atoms with Crippen LogP contribution < -0.4 is 0 Å². The van der Waals surface area contributed by atoms with Gasteiger partial charge in [-0.25, -0.2) is 12.8 Å². The van der Waals surface area contributed by atoms with Crippen molar-refractivity contribution in [3.63, 3.8) is 0 Å². The third-order valence-electron chi connectivity index (χ3n) is 1.83. The molecule has 1 fully saturated rings. The minimum Gasteiger partial charge on any atom is -0.243 e. The van der Waals surface area contributed by atoms with Crippen molar-refractivity contribution >= 4 is 9.84 Å². The molecule has 0 saturated carbocycles. The Morgan fingerprint density at radius 2 is 2.10 bits per heavy atom. The zero-order valence-corrected chi connectivity index (χ0v) is 6.91. The van der Waals surface area contributed by atoms with Crippen LogP contribution in [0.5, 0.6) is 0 Å². The van der Waals surface area contributed by atoms with Crippen molar-refractivity contribution in [2.45, 2.75) is 31.2 Å². The van der Waals surface area contributed by atoms with Crippen LogP contribution in [0.15, 0.2) is 0 Å². The molecule has 0 aromatic heterocycles. The average Bonchev–Trinajstić information content (AvgIpc) is 1.73. The van der Waals surface area contributed by atoms with Crippen LogP contribution in [0, 0.1) is 0 Å². The van der Waals surface area contributed by atoms with Crippen molar-refractivity contribution in [3.8, 4) is 0 Å². The second kappa shape index (κ2) is 1.94. The molecule has 0 amide bonds. The summed E-state index contributed by atoms with van der Waals surface area (Å²) in [6, 6.07) is 0. The van der Waals surface area contributed by atoms with Gasteiger partial charge in [-0.1, -0.05) is 0 Å². The van der Waals surface area contributed by atoms with Crippen LogP contribution in [-0.2, 0) is 9.84 Å². The van der Waals surface area contributed by atoms with Crippen molar-refractivity contribution in [2.24, 2.45) is 0 Å². The van der Waals surface area contributed by atoms with Gasteiger partial charge in [-0.3, -0.25) is 0 Å². The Bertz CT molecular complexity index is 230. The summed E-state index contributed by atoms with van der Waals surface area (Å²) >= 11 is 0. The Hall–Kier alpha value is -0.120. The first-order chi connectivity index (χ1) is 4.33. The Kier molecular flexibility index (Phi) is 1.54. The molecule has 0 bridgehead atoms. The molecule has 0 aromatic carbocycles. The van der Waals surface area contributed by atoms with Crippen molar-refractivity contribution in [2.75, 3.05) is 5.75 Å². The van der Waals surface area contributed by atoms with Crippen molar-refractivity contribution in [1.82, 2.24) is 0 Å². The molecular formula is C6H11FO2S. The van der Waals surface area contributed by atoms with E-state index in [0.717, 1.165) is 0 Å². The highest BCUT2D eigenvalue weighted by Gasteiger charge is 2.43. The van der Waals surface area contributed by atoms with Gasteiger partial charge in [0.25, 0.3) is 0 Å². The van der Waals surface area contributed by atoms with Crippen LogP contribution in [0.1, 0.15) is 20.3 Å². The molecule has 0 radical (unpaired) electrons. The minimum atomic E-state index is -3.11. The normalized spacial score (nSPS) is 45.7. The molecule has 1 aliphatic heterocycles. The summed E-state index contributed by atoms with van der Waals surface area (Å²) < 4.78 is 34.9. The van der Waals surface area contributed by atoms with E-state index in [9.17, 15) is 12.8 Å². The number of rotatable bonds is 0. The SMILES string of the molecule is CC1CC(C)(F)CS1(=O)=O. The lowest BCUT2D eigenvalue weighted by Gasteiger charge is -2.07. The van der Waals surface area contributed by atoms with Crippen molar-refractivity contribution < 1.29 is 12.8 Å². The van der Waals surface area contributed by atoms with E-state index in [1.807, 2.05) is 0 Å². The highest BCUT2D eigenvalue weighted by molar-refractivity contribution is 7.92. The van der Waals surface area contributed by atoms with Crippen LogP contribution in [0.3, 0.4) is 0 Å². The summed E-state index contributed by atoms with van der Waals surface area (Å²) in [5, 5.41) is -0.498. The zero-order chi connectivity index (χ0) is 7.99. The fourth-order valence-electron chi connectivity index (χ4n) is 1.35. The van der Waals surface area contributed by atoms with E-state index in [-0.39, 0.29) is 12.2 Å². The van der Waals surface area contributed by atoms with Crippen LogP contribution in [-0.4, -0.2) is 25.1 Å². The summed E-state index contributed by atoms with van der Waals surface area (Å²) in [7, 11) is -3.11. The predicted octanol–water partition coefficient (Wildman–Crippen LogP) is 0.922. The van der Waals surface area contributed by atoms with E-state index in [4.69, 9.17) is 0 Å². The Morgan fingerprint density at radius 1 is 1.60 bits per heavy atom. The molecule has 2 nitrogen and oxygen atoms in total. The molecule has 1 heterocycles. The van der Waals surface area contributed by atoms with Crippen LogP contribution in [0.2, 0.25) is 0 Å². The smallest absolute Gasteiger partial charge is 0.156 e. The van der Waals surface area contributed by atoms with E-state index in [0.29, 0.717) is 0 Å². The largest absolute Gasteiger partial charge is 0.243 e. The van der Waals surface area contributed by atoms with E-state index >= 15 is 0 Å². The molecular weight excluding hydrogens is 155 g/mol. The quantitative estimate of drug-likeness (QED) is 0.536. The van der Waals surface area contributed by atoms with Gasteiger partial charge in [-0.2, -0.15) is 0 Å². The van der Waals surface area contributed by atoms with Gasteiger partial charge in [-0.05, 0) is 20.3 Å². The lowest BCUT2D eigenvalue weighted by Crippen LogP contribution is -2.18. The van der Waals surface area contributed by atoms with E-state index in [2.05, 4.69) is 0 Å². The van der Waals surface area contributed by atoms with E-state index < -0.39 is 20.8 Å². The van der Waals surface area contributed by atoms with Gasteiger partial charge in [0, 0.05) is 0 Å². The second-order valence-electron chi connectivity index (χ2n) is 3.24. The van der Waals surface area contributed by atoms with Gasteiger partial charge < -0.3 is 0 Å². The Morgan fingerprint density at radius 3 is 2.20 bits per heavy atom. The number of hydrogen-bond acceptors (Lipinski definition) is 2. The topological polar surface area (TPSA) is 34.1 Å². The van der Waals surface area contributed by atoms with E-state index in [1.165, 1.54) is 6.92 Å². The molecule has 10 heavy (non-hydrogen) atoms. The number of alkyl halides is 1. The van der Waals surface area contributed by atoms with Gasteiger partial charge in [0.2, 0.25) is 0 Å². The first kappa shape index (κ1) is 7.98. The van der Waals surface area contributed by atoms with Gasteiger partial charge in [0.1, 0.15) is 5.67 Å². The Labute approximate surface area is 60.3 Å². The van der Waals surface area contributed by atoms with Gasteiger partial charge in [0.05, 0.1) is 11.0 Å². The summed E-state index contributed by atoms with van der Waals surface area (Å²) in [6.45, 7) is 2.90. The Balaban J connectivity index is 2.92. The lowest BCUT2D eigenvalue weighted by atomic mass is 10.1. The average molecular weight is 166 g/mol. The highest BCUT2D eigenvalue weighted by Crippen LogP contribution is 2.31. The predicted molar refractivity (Wildman–Crippen MR) is 37.4 cm³/mol. The van der Waals surface area contributed by atoms with Gasteiger partial charge in [0.15, 0.2) is 9.84 Å². The molecule has 1 rings (SSSR count). The van der Waals surface area contributed by atoms with Crippen LogP contribution in [0.4, 0.5) is 4.39 Å². The standard InChI is InChI=1S/C6H11FO2S/c1-5-3-6(2,7)4-10(5,8)9/h5H,3-4H2,1-2H3. The van der Waals surface area contributed by atoms with Gasteiger partial charge in [-0.15, -0.1) is 0 Å².